The summed E-state index contributed by atoms with van der Waals surface area (Å²) in [5, 5.41) is 0. The molecule has 92 valence electrons. The first-order chi connectivity index (χ1) is 7.04. The van der Waals surface area contributed by atoms with Gasteiger partial charge >= 0.3 is 5.51 Å². The second kappa shape index (κ2) is 5.72. The van der Waals surface area contributed by atoms with Crippen LogP contribution in [0.15, 0.2) is 18.7 Å². The molecule has 10 heteroatoms. The molecule has 0 aliphatic heterocycles. The highest BCUT2D eigenvalue weighted by molar-refractivity contribution is 14.1. The van der Waals surface area contributed by atoms with Crippen molar-refractivity contribution in [1.82, 2.24) is 4.98 Å². The Morgan fingerprint density at radius 1 is 1.50 bits per heavy atom. The molecule has 0 unspecified atom stereocenters. The largest absolute Gasteiger partial charge is 0.741 e. The van der Waals surface area contributed by atoms with Gasteiger partial charge in [0.1, 0.15) is 6.20 Å². The summed E-state index contributed by atoms with van der Waals surface area (Å²) >= 11 is 2.22. The predicted octanol–water partition coefficient (Wildman–Crippen LogP) is 0.562. The van der Waals surface area contributed by atoms with Gasteiger partial charge in [-0.3, -0.25) is 0 Å². The second-order valence-electron chi connectivity index (χ2n) is 2.47. The molecule has 0 radical (unpaired) electrons. The molecule has 1 aromatic rings. The summed E-state index contributed by atoms with van der Waals surface area (Å²) in [7, 11) is -4.14. The summed E-state index contributed by atoms with van der Waals surface area (Å²) in [6.07, 6.45) is 5.59. The first-order valence-electron chi connectivity index (χ1n) is 3.52. The smallest absolute Gasteiger partial charge is 0.485 e. The van der Waals surface area contributed by atoms with Crippen LogP contribution in [0.1, 0.15) is 0 Å². The van der Waals surface area contributed by atoms with Crippen LogP contribution >= 0.6 is 22.6 Å². The van der Waals surface area contributed by atoms with Gasteiger partial charge in [0.2, 0.25) is 0 Å². The average Bonchev–Trinajstić information content (AvgIpc) is 2.00. The van der Waals surface area contributed by atoms with Gasteiger partial charge in [0.05, 0.1) is 10.6 Å². The minimum absolute atomic E-state index is 1.16. The molecular formula is C6H6F3IN2O3S. The molecule has 0 bridgehead atoms. The summed E-state index contributed by atoms with van der Waals surface area (Å²) in [5.74, 6) is 0. The third-order valence-electron chi connectivity index (χ3n) is 1.06. The van der Waals surface area contributed by atoms with E-state index in [1.54, 1.807) is 6.33 Å². The van der Waals surface area contributed by atoms with Crippen LogP contribution in [-0.4, -0.2) is 23.5 Å². The van der Waals surface area contributed by atoms with E-state index < -0.39 is 15.6 Å². The molecule has 0 fully saturated rings. The Bertz CT molecular complexity index is 431. The van der Waals surface area contributed by atoms with E-state index in [1.807, 2.05) is 24.0 Å². The van der Waals surface area contributed by atoms with Crippen LogP contribution in [0, 0.1) is 3.57 Å². The molecule has 0 aliphatic carbocycles. The van der Waals surface area contributed by atoms with Crippen LogP contribution in [0.25, 0.3) is 0 Å². The number of nitrogens with zero attached hydrogens (tertiary/aromatic N) is 2. The van der Waals surface area contributed by atoms with Crippen LogP contribution in [0.4, 0.5) is 13.2 Å². The number of hydrogen-bond acceptors (Lipinski definition) is 4. The summed E-state index contributed by atoms with van der Waals surface area (Å²) in [4.78, 5) is 3.94. The standard InChI is InChI=1S/C5H6IN2.CHF3O3S/c1-8-3-5(6)2-7-4-8;2-1(3,4)8(5,6)7/h2-4H,1H3;(H,5,6,7)/q+1;/p-1. The van der Waals surface area contributed by atoms with Crippen LogP contribution in [0.3, 0.4) is 0 Å². The van der Waals surface area contributed by atoms with Gasteiger partial charge in [-0.1, -0.05) is 4.98 Å². The Hall–Kier alpha value is -0.490. The topological polar surface area (TPSA) is 74.0 Å². The Morgan fingerprint density at radius 3 is 2.12 bits per heavy atom. The molecule has 5 nitrogen and oxygen atoms in total. The molecule has 0 amide bonds. The number of hydrogen-bond donors (Lipinski definition) is 0. The zero-order valence-corrected chi connectivity index (χ0v) is 10.7. The Kier molecular flexibility index (Phi) is 5.55. The van der Waals surface area contributed by atoms with E-state index in [0.717, 1.165) is 3.57 Å². The molecule has 1 rings (SSSR count). The van der Waals surface area contributed by atoms with Gasteiger partial charge in [0, 0.05) is 0 Å². The van der Waals surface area contributed by atoms with E-state index in [0.29, 0.717) is 0 Å². The molecule has 0 saturated heterocycles. The summed E-state index contributed by atoms with van der Waals surface area (Å²) in [5.41, 5.74) is -5.65. The molecule has 1 aromatic heterocycles. The molecule has 0 atom stereocenters. The van der Waals surface area contributed by atoms with Crippen LogP contribution < -0.4 is 4.57 Å². The minimum Gasteiger partial charge on any atom is -0.741 e. The van der Waals surface area contributed by atoms with E-state index >= 15 is 0 Å². The Labute approximate surface area is 103 Å². The number of rotatable bonds is 0. The predicted molar refractivity (Wildman–Crippen MR) is 53.9 cm³/mol. The normalized spacial score (nSPS) is 11.6. The fourth-order valence-corrected chi connectivity index (χ4v) is 1.07. The minimum atomic E-state index is -6.09. The van der Waals surface area contributed by atoms with Crippen molar-refractivity contribution >= 4 is 32.7 Å². The molecular weight excluding hydrogens is 364 g/mol. The van der Waals surface area contributed by atoms with E-state index in [9.17, 15) is 13.2 Å². The summed E-state index contributed by atoms with van der Waals surface area (Å²) in [6.45, 7) is 0. The van der Waals surface area contributed by atoms with Crippen molar-refractivity contribution in [3.63, 3.8) is 0 Å². The fourth-order valence-electron chi connectivity index (χ4n) is 0.471. The lowest BCUT2D eigenvalue weighted by molar-refractivity contribution is -0.675. The maximum atomic E-state index is 10.7. The maximum Gasteiger partial charge on any atom is 0.485 e. The van der Waals surface area contributed by atoms with E-state index in [2.05, 4.69) is 27.6 Å². The zero-order valence-electron chi connectivity index (χ0n) is 7.77. The Balaban J connectivity index is 0.000000281. The van der Waals surface area contributed by atoms with Crippen LogP contribution in [0.5, 0.6) is 0 Å². The second-order valence-corrected chi connectivity index (χ2v) is 5.09. The zero-order chi connectivity index (χ0) is 13.0. The van der Waals surface area contributed by atoms with Crippen molar-refractivity contribution in [2.75, 3.05) is 0 Å². The summed E-state index contributed by atoms with van der Waals surface area (Å²) < 4.78 is 62.0. The lowest BCUT2D eigenvalue weighted by atomic mass is 10.7. The number of aryl methyl sites for hydroxylation is 1. The lowest BCUT2D eigenvalue weighted by Crippen LogP contribution is -2.27. The monoisotopic (exact) mass is 370 g/mol. The van der Waals surface area contributed by atoms with Gasteiger partial charge in [-0.25, -0.2) is 13.0 Å². The number of aromatic nitrogens is 2. The van der Waals surface area contributed by atoms with E-state index in [4.69, 9.17) is 13.0 Å². The van der Waals surface area contributed by atoms with Crippen molar-refractivity contribution in [3.8, 4) is 0 Å². The highest BCUT2D eigenvalue weighted by Gasteiger charge is 2.36. The van der Waals surface area contributed by atoms with Crippen molar-refractivity contribution < 1.29 is 30.7 Å². The highest BCUT2D eigenvalue weighted by Crippen LogP contribution is 2.20. The molecule has 0 aliphatic rings. The summed E-state index contributed by atoms with van der Waals surface area (Å²) in [6, 6.07) is 0. The quantitative estimate of drug-likeness (QED) is 0.290. The van der Waals surface area contributed by atoms with Gasteiger partial charge < -0.3 is 4.55 Å². The van der Waals surface area contributed by atoms with Crippen molar-refractivity contribution in [1.29, 1.82) is 0 Å². The SMILES string of the molecule is C[n+]1cncc(I)c1.O=S(=O)([O-])C(F)(F)F. The molecule has 0 aromatic carbocycles. The molecule has 0 saturated carbocycles. The van der Waals surface area contributed by atoms with Crippen molar-refractivity contribution in [2.45, 2.75) is 5.51 Å². The van der Waals surface area contributed by atoms with E-state index in [-0.39, 0.29) is 0 Å². The maximum absolute atomic E-state index is 10.7. The third kappa shape index (κ3) is 6.17. The molecule has 1 heterocycles. The van der Waals surface area contributed by atoms with Crippen molar-refractivity contribution in [2.24, 2.45) is 7.05 Å². The molecule has 0 N–H and O–H groups in total. The van der Waals surface area contributed by atoms with Gasteiger partial charge in [-0.15, -0.1) is 0 Å². The Morgan fingerprint density at radius 2 is 1.94 bits per heavy atom. The first-order valence-corrected chi connectivity index (χ1v) is 6.00. The first kappa shape index (κ1) is 15.5. The third-order valence-corrected chi connectivity index (χ3v) is 2.18. The van der Waals surface area contributed by atoms with Gasteiger partial charge in [-0.2, -0.15) is 13.2 Å². The van der Waals surface area contributed by atoms with E-state index in [1.165, 1.54) is 0 Å². The van der Waals surface area contributed by atoms with Crippen LogP contribution in [-0.2, 0) is 17.2 Å². The molecule has 0 spiro atoms. The van der Waals surface area contributed by atoms with Crippen LogP contribution in [0.2, 0.25) is 0 Å². The fraction of sp³-hybridized carbons (Fsp3) is 0.333. The molecule has 16 heavy (non-hydrogen) atoms. The van der Waals surface area contributed by atoms with Crippen molar-refractivity contribution in [3.05, 3.63) is 22.3 Å². The highest BCUT2D eigenvalue weighted by atomic mass is 127. The average molecular weight is 370 g/mol. The lowest BCUT2D eigenvalue weighted by Gasteiger charge is -2.08. The van der Waals surface area contributed by atoms with Gasteiger partial charge in [0.25, 0.3) is 6.33 Å². The number of alkyl halides is 3. The number of halogens is 4. The van der Waals surface area contributed by atoms with Gasteiger partial charge in [-0.05, 0) is 22.6 Å². The van der Waals surface area contributed by atoms with Gasteiger partial charge in [0.15, 0.2) is 16.3 Å².